The highest BCUT2D eigenvalue weighted by molar-refractivity contribution is 6.34. The van der Waals surface area contributed by atoms with Gasteiger partial charge in [-0.2, -0.15) is 8.78 Å². The molecule has 0 radical (unpaired) electrons. The molecule has 0 saturated heterocycles. The van der Waals surface area contributed by atoms with E-state index >= 15 is 0 Å². The minimum absolute atomic E-state index is 0.0451. The number of rotatable bonds is 3. The van der Waals surface area contributed by atoms with Crippen molar-refractivity contribution < 1.29 is 13.6 Å². The summed E-state index contributed by atoms with van der Waals surface area (Å²) in [5.74, 6) is -1.23. The van der Waals surface area contributed by atoms with Crippen LogP contribution in [-0.2, 0) is 11.3 Å². The molecule has 88 valence electrons. The zero-order valence-corrected chi connectivity index (χ0v) is 9.90. The van der Waals surface area contributed by atoms with Crippen molar-refractivity contribution in [3.8, 4) is 0 Å². The maximum absolute atomic E-state index is 12.1. The molecule has 1 amide bonds. The van der Waals surface area contributed by atoms with Crippen LogP contribution < -0.4 is 0 Å². The van der Waals surface area contributed by atoms with Crippen LogP contribution in [0.4, 0.5) is 8.78 Å². The molecule has 0 saturated carbocycles. The summed E-state index contributed by atoms with van der Waals surface area (Å²) in [5, 5.41) is 0.806. The molecule has 0 N–H and O–H groups in total. The molecule has 0 bridgehead atoms. The van der Waals surface area contributed by atoms with Gasteiger partial charge in [-0.1, -0.05) is 23.2 Å². The molecule has 16 heavy (non-hydrogen) atoms. The van der Waals surface area contributed by atoms with Crippen LogP contribution in [-0.4, -0.2) is 24.3 Å². The van der Waals surface area contributed by atoms with Gasteiger partial charge in [-0.05, 0) is 23.8 Å². The highest BCUT2D eigenvalue weighted by Crippen LogP contribution is 2.20. The summed E-state index contributed by atoms with van der Waals surface area (Å²) in [7, 11) is 1.29. The fourth-order valence-corrected chi connectivity index (χ4v) is 1.79. The first kappa shape index (κ1) is 13.2. The van der Waals surface area contributed by atoms with Gasteiger partial charge in [0.05, 0.1) is 0 Å². The van der Waals surface area contributed by atoms with Crippen LogP contribution in [0.15, 0.2) is 18.2 Å². The molecular weight excluding hydrogens is 259 g/mol. The van der Waals surface area contributed by atoms with Gasteiger partial charge < -0.3 is 4.90 Å². The molecule has 1 aromatic rings. The van der Waals surface area contributed by atoms with Gasteiger partial charge in [0, 0.05) is 23.6 Å². The number of hydrogen-bond donors (Lipinski definition) is 0. The lowest BCUT2D eigenvalue weighted by Gasteiger charge is -2.16. The molecule has 0 unspecified atom stereocenters. The Hall–Kier alpha value is -0.870. The smallest absolute Gasteiger partial charge is 0.315 e. The van der Waals surface area contributed by atoms with Crippen molar-refractivity contribution in [1.29, 1.82) is 0 Å². The third-order valence-corrected chi connectivity index (χ3v) is 2.34. The average molecular weight is 268 g/mol. The number of benzene rings is 1. The summed E-state index contributed by atoms with van der Waals surface area (Å²) in [6.07, 6.45) is -3.00. The van der Waals surface area contributed by atoms with Gasteiger partial charge in [-0.25, -0.2) is 0 Å². The summed E-state index contributed by atoms with van der Waals surface area (Å²) < 4.78 is 24.2. The lowest BCUT2D eigenvalue weighted by molar-refractivity contribution is -0.141. The molecule has 0 aliphatic rings. The number of carbonyl (C=O) groups excluding carboxylic acids is 1. The lowest BCUT2D eigenvalue weighted by atomic mass is 10.2. The Kier molecular flexibility index (Phi) is 4.50. The number of nitrogens with zero attached hydrogens (tertiary/aromatic N) is 1. The van der Waals surface area contributed by atoms with E-state index < -0.39 is 12.3 Å². The Morgan fingerprint density at radius 1 is 1.31 bits per heavy atom. The first-order chi connectivity index (χ1) is 7.40. The minimum Gasteiger partial charge on any atom is -0.336 e. The summed E-state index contributed by atoms with van der Waals surface area (Å²) >= 11 is 11.5. The van der Waals surface area contributed by atoms with E-state index in [1.165, 1.54) is 13.1 Å². The first-order valence-corrected chi connectivity index (χ1v) is 5.14. The van der Waals surface area contributed by atoms with Gasteiger partial charge in [0.25, 0.3) is 5.91 Å². The zero-order valence-electron chi connectivity index (χ0n) is 8.38. The van der Waals surface area contributed by atoms with Crippen molar-refractivity contribution in [3.63, 3.8) is 0 Å². The molecule has 1 aromatic carbocycles. The Bertz CT molecular complexity index is 378. The minimum atomic E-state index is -3.00. The second-order valence-corrected chi connectivity index (χ2v) is 4.15. The zero-order chi connectivity index (χ0) is 12.3. The van der Waals surface area contributed by atoms with Crippen molar-refractivity contribution >= 4 is 29.1 Å². The van der Waals surface area contributed by atoms with E-state index in [1.807, 2.05) is 0 Å². The normalized spacial score (nSPS) is 10.6. The van der Waals surface area contributed by atoms with E-state index in [0.717, 1.165) is 4.90 Å². The van der Waals surface area contributed by atoms with Gasteiger partial charge in [0.15, 0.2) is 0 Å². The Balaban J connectivity index is 2.76. The molecule has 0 fully saturated rings. The molecular formula is C10H9Cl2F2NO. The monoisotopic (exact) mass is 267 g/mol. The van der Waals surface area contributed by atoms with Crippen molar-refractivity contribution in [2.45, 2.75) is 13.0 Å². The van der Waals surface area contributed by atoms with Gasteiger partial charge in [-0.3, -0.25) is 4.79 Å². The number of amides is 1. The molecule has 0 heterocycles. The SMILES string of the molecule is CN(Cc1cc(Cl)cc(Cl)c1)C(=O)C(F)F. The van der Waals surface area contributed by atoms with Gasteiger partial charge in [0.1, 0.15) is 0 Å². The summed E-state index contributed by atoms with van der Waals surface area (Å²) in [4.78, 5) is 11.9. The van der Waals surface area contributed by atoms with Crippen LogP contribution in [0.25, 0.3) is 0 Å². The first-order valence-electron chi connectivity index (χ1n) is 4.38. The summed E-state index contributed by atoms with van der Waals surface area (Å²) in [6.45, 7) is 0.0451. The molecule has 6 heteroatoms. The van der Waals surface area contributed by atoms with E-state index in [9.17, 15) is 13.6 Å². The van der Waals surface area contributed by atoms with Gasteiger partial charge in [0.2, 0.25) is 0 Å². The Morgan fingerprint density at radius 3 is 2.25 bits per heavy atom. The topological polar surface area (TPSA) is 20.3 Å². The van der Waals surface area contributed by atoms with Crippen molar-refractivity contribution in [2.24, 2.45) is 0 Å². The highest BCUT2D eigenvalue weighted by Gasteiger charge is 2.20. The van der Waals surface area contributed by atoms with E-state index in [-0.39, 0.29) is 6.54 Å². The van der Waals surface area contributed by atoms with Crippen LogP contribution in [0.3, 0.4) is 0 Å². The van der Waals surface area contributed by atoms with E-state index in [1.54, 1.807) is 12.1 Å². The Morgan fingerprint density at radius 2 is 1.81 bits per heavy atom. The third kappa shape index (κ3) is 3.61. The lowest BCUT2D eigenvalue weighted by Crippen LogP contribution is -2.31. The predicted octanol–water partition coefficient (Wildman–Crippen LogP) is 3.22. The van der Waals surface area contributed by atoms with E-state index in [4.69, 9.17) is 23.2 Å². The fraction of sp³-hybridized carbons (Fsp3) is 0.300. The molecule has 0 aromatic heterocycles. The molecule has 0 aliphatic heterocycles. The molecule has 2 nitrogen and oxygen atoms in total. The number of hydrogen-bond acceptors (Lipinski definition) is 1. The van der Waals surface area contributed by atoms with Gasteiger partial charge in [-0.15, -0.1) is 0 Å². The van der Waals surface area contributed by atoms with Crippen molar-refractivity contribution in [3.05, 3.63) is 33.8 Å². The van der Waals surface area contributed by atoms with E-state index in [2.05, 4.69) is 0 Å². The van der Waals surface area contributed by atoms with Crippen LogP contribution in [0, 0.1) is 0 Å². The van der Waals surface area contributed by atoms with Crippen LogP contribution >= 0.6 is 23.2 Å². The van der Waals surface area contributed by atoms with Crippen molar-refractivity contribution in [1.82, 2.24) is 4.90 Å². The van der Waals surface area contributed by atoms with Crippen molar-refractivity contribution in [2.75, 3.05) is 7.05 Å². The average Bonchev–Trinajstić information content (AvgIpc) is 2.14. The van der Waals surface area contributed by atoms with Gasteiger partial charge >= 0.3 is 6.43 Å². The molecule has 0 aliphatic carbocycles. The van der Waals surface area contributed by atoms with Crippen LogP contribution in [0.5, 0.6) is 0 Å². The quantitative estimate of drug-likeness (QED) is 0.824. The second kappa shape index (κ2) is 5.46. The summed E-state index contributed by atoms with van der Waals surface area (Å²) in [5.41, 5.74) is 0.606. The summed E-state index contributed by atoms with van der Waals surface area (Å²) in [6, 6.07) is 4.67. The van der Waals surface area contributed by atoms with Crippen LogP contribution in [0.2, 0.25) is 10.0 Å². The largest absolute Gasteiger partial charge is 0.336 e. The van der Waals surface area contributed by atoms with E-state index in [0.29, 0.717) is 15.6 Å². The van der Waals surface area contributed by atoms with Crippen LogP contribution in [0.1, 0.15) is 5.56 Å². The fourth-order valence-electron chi connectivity index (χ4n) is 1.22. The standard InChI is InChI=1S/C10H9Cl2F2NO/c1-15(10(16)9(13)14)5-6-2-7(11)4-8(12)3-6/h2-4,9H,5H2,1H3. The third-order valence-electron chi connectivity index (χ3n) is 1.90. The highest BCUT2D eigenvalue weighted by atomic mass is 35.5. The number of halogens is 4. The molecule has 0 atom stereocenters. The maximum atomic E-state index is 12.1. The second-order valence-electron chi connectivity index (χ2n) is 3.27. The predicted molar refractivity (Wildman–Crippen MR) is 58.9 cm³/mol. The number of carbonyl (C=O) groups is 1. The Labute approximate surface area is 102 Å². The molecule has 1 rings (SSSR count). The molecule has 0 spiro atoms. The maximum Gasteiger partial charge on any atom is 0.315 e. The number of alkyl halides is 2.